The molecule has 5 heteroatoms. The zero-order valence-electron chi connectivity index (χ0n) is 11.0. The Bertz CT molecular complexity index is 675. The van der Waals surface area contributed by atoms with Gasteiger partial charge >= 0.3 is 0 Å². The maximum atomic E-state index is 12.3. The molecule has 1 fully saturated rings. The quantitative estimate of drug-likeness (QED) is 0.913. The van der Waals surface area contributed by atoms with Gasteiger partial charge in [-0.2, -0.15) is 0 Å². The highest BCUT2D eigenvalue weighted by molar-refractivity contribution is 6.42. The van der Waals surface area contributed by atoms with Gasteiger partial charge in [-0.25, -0.2) is 0 Å². The van der Waals surface area contributed by atoms with E-state index < -0.39 is 6.23 Å². The zero-order valence-corrected chi connectivity index (χ0v) is 12.6. The standard InChI is InChI=1S/C16H13Cl2NO2/c17-13-7-6-11(8-14(13)18)19-15(20)9-12(16(19)21)10-4-2-1-3-5-10/h1-8,12,16,21H,9H2/t12-,16-/m0/s1. The summed E-state index contributed by atoms with van der Waals surface area (Å²) in [5.41, 5.74) is 1.50. The van der Waals surface area contributed by atoms with Crippen LogP contribution in [-0.2, 0) is 4.79 Å². The number of hydrogen-bond donors (Lipinski definition) is 1. The molecule has 2 aromatic carbocycles. The van der Waals surface area contributed by atoms with Crippen LogP contribution in [0.25, 0.3) is 0 Å². The SMILES string of the molecule is O=C1C[C@@H](c2ccccc2)[C@H](O)N1c1ccc(Cl)c(Cl)c1. The van der Waals surface area contributed by atoms with Gasteiger partial charge in [0.05, 0.1) is 10.0 Å². The van der Waals surface area contributed by atoms with Gasteiger partial charge < -0.3 is 5.11 Å². The molecule has 0 spiro atoms. The van der Waals surface area contributed by atoms with Crippen LogP contribution in [0.1, 0.15) is 17.9 Å². The molecule has 0 bridgehead atoms. The molecule has 2 atom stereocenters. The minimum Gasteiger partial charge on any atom is -0.372 e. The molecule has 2 aromatic rings. The van der Waals surface area contributed by atoms with E-state index in [-0.39, 0.29) is 18.2 Å². The fraction of sp³-hybridized carbons (Fsp3) is 0.188. The van der Waals surface area contributed by atoms with E-state index in [0.29, 0.717) is 15.7 Å². The number of hydrogen-bond acceptors (Lipinski definition) is 2. The molecular formula is C16H13Cl2NO2. The van der Waals surface area contributed by atoms with E-state index in [9.17, 15) is 9.90 Å². The summed E-state index contributed by atoms with van der Waals surface area (Å²) in [7, 11) is 0. The van der Waals surface area contributed by atoms with E-state index in [1.54, 1.807) is 18.2 Å². The van der Waals surface area contributed by atoms with Crippen molar-refractivity contribution in [2.24, 2.45) is 0 Å². The molecule has 0 aliphatic carbocycles. The maximum Gasteiger partial charge on any atom is 0.229 e. The third-order valence-corrected chi connectivity index (χ3v) is 4.44. The Labute approximate surface area is 132 Å². The first-order valence-corrected chi connectivity index (χ1v) is 7.33. The molecule has 0 radical (unpaired) electrons. The average molecular weight is 322 g/mol. The van der Waals surface area contributed by atoms with Gasteiger partial charge in [0.1, 0.15) is 6.23 Å². The molecule has 0 aromatic heterocycles. The Morgan fingerprint density at radius 2 is 1.76 bits per heavy atom. The van der Waals surface area contributed by atoms with Crippen molar-refractivity contribution < 1.29 is 9.90 Å². The Hall–Kier alpha value is -1.55. The van der Waals surface area contributed by atoms with Crippen LogP contribution in [0, 0.1) is 0 Å². The second kappa shape index (κ2) is 5.68. The topological polar surface area (TPSA) is 40.5 Å². The Kier molecular flexibility index (Phi) is 3.89. The molecule has 1 aliphatic rings. The summed E-state index contributed by atoms with van der Waals surface area (Å²) in [6.45, 7) is 0. The van der Waals surface area contributed by atoms with E-state index >= 15 is 0 Å². The summed E-state index contributed by atoms with van der Waals surface area (Å²) < 4.78 is 0. The van der Waals surface area contributed by atoms with Crippen molar-refractivity contribution in [2.45, 2.75) is 18.6 Å². The lowest BCUT2D eigenvalue weighted by Crippen LogP contribution is -2.34. The third-order valence-electron chi connectivity index (χ3n) is 3.70. The first-order chi connectivity index (χ1) is 10.1. The molecule has 0 saturated carbocycles. The molecule has 3 rings (SSSR count). The first-order valence-electron chi connectivity index (χ1n) is 6.58. The van der Waals surface area contributed by atoms with Crippen molar-refractivity contribution in [3.8, 4) is 0 Å². The number of halogens is 2. The van der Waals surface area contributed by atoms with Crippen molar-refractivity contribution in [2.75, 3.05) is 4.90 Å². The predicted molar refractivity (Wildman–Crippen MR) is 83.8 cm³/mol. The lowest BCUT2D eigenvalue weighted by Gasteiger charge is -2.24. The fourth-order valence-electron chi connectivity index (χ4n) is 2.64. The average Bonchev–Trinajstić information content (AvgIpc) is 2.78. The Morgan fingerprint density at radius 1 is 1.05 bits per heavy atom. The summed E-state index contributed by atoms with van der Waals surface area (Å²) >= 11 is 11.9. The van der Waals surface area contributed by atoms with E-state index in [0.717, 1.165) is 5.56 Å². The van der Waals surface area contributed by atoms with Gasteiger partial charge in [-0.1, -0.05) is 53.5 Å². The Balaban J connectivity index is 1.93. The minimum absolute atomic E-state index is 0.130. The monoisotopic (exact) mass is 321 g/mol. The van der Waals surface area contributed by atoms with Crippen LogP contribution < -0.4 is 4.90 Å². The number of aliphatic hydroxyl groups excluding tert-OH is 1. The lowest BCUT2D eigenvalue weighted by molar-refractivity contribution is -0.117. The molecule has 1 amide bonds. The van der Waals surface area contributed by atoms with E-state index in [1.807, 2.05) is 30.3 Å². The number of anilines is 1. The normalized spacial score (nSPS) is 21.9. The number of carbonyl (C=O) groups excluding carboxylic acids is 1. The minimum atomic E-state index is -0.905. The molecular weight excluding hydrogens is 309 g/mol. The molecule has 1 N–H and O–H groups in total. The van der Waals surface area contributed by atoms with Crippen molar-refractivity contribution >= 4 is 34.8 Å². The van der Waals surface area contributed by atoms with Crippen LogP contribution in [-0.4, -0.2) is 17.2 Å². The van der Waals surface area contributed by atoms with Crippen LogP contribution in [0.3, 0.4) is 0 Å². The largest absolute Gasteiger partial charge is 0.372 e. The number of amides is 1. The summed E-state index contributed by atoms with van der Waals surface area (Å²) in [5.74, 6) is -0.372. The summed E-state index contributed by atoms with van der Waals surface area (Å²) in [5, 5.41) is 11.3. The van der Waals surface area contributed by atoms with Gasteiger partial charge in [0.2, 0.25) is 5.91 Å². The number of aliphatic hydroxyl groups is 1. The van der Waals surface area contributed by atoms with Crippen LogP contribution in [0.2, 0.25) is 10.0 Å². The summed E-state index contributed by atoms with van der Waals surface area (Å²) in [4.78, 5) is 13.6. The van der Waals surface area contributed by atoms with Crippen LogP contribution in [0.15, 0.2) is 48.5 Å². The van der Waals surface area contributed by atoms with Crippen LogP contribution in [0.5, 0.6) is 0 Å². The summed E-state index contributed by atoms with van der Waals surface area (Å²) in [6.07, 6.45) is -0.636. The first kappa shape index (κ1) is 14.4. The number of rotatable bonds is 2. The zero-order chi connectivity index (χ0) is 15.0. The van der Waals surface area contributed by atoms with Crippen molar-refractivity contribution in [1.82, 2.24) is 0 Å². The predicted octanol–water partition coefficient (Wildman–Crippen LogP) is 3.83. The fourth-order valence-corrected chi connectivity index (χ4v) is 2.93. The van der Waals surface area contributed by atoms with E-state index in [4.69, 9.17) is 23.2 Å². The number of carbonyl (C=O) groups is 1. The third kappa shape index (κ3) is 2.64. The van der Waals surface area contributed by atoms with Crippen molar-refractivity contribution in [1.29, 1.82) is 0 Å². The molecule has 0 unspecified atom stereocenters. The van der Waals surface area contributed by atoms with Crippen molar-refractivity contribution in [3.63, 3.8) is 0 Å². The van der Waals surface area contributed by atoms with Gasteiger partial charge in [0.25, 0.3) is 0 Å². The summed E-state index contributed by atoms with van der Waals surface area (Å²) in [6, 6.07) is 14.4. The maximum absolute atomic E-state index is 12.3. The molecule has 21 heavy (non-hydrogen) atoms. The van der Waals surface area contributed by atoms with E-state index in [2.05, 4.69) is 0 Å². The lowest BCUT2D eigenvalue weighted by atomic mass is 9.97. The van der Waals surface area contributed by atoms with Gasteiger partial charge in [-0.05, 0) is 23.8 Å². The smallest absolute Gasteiger partial charge is 0.229 e. The molecule has 3 nitrogen and oxygen atoms in total. The highest BCUT2D eigenvalue weighted by atomic mass is 35.5. The highest BCUT2D eigenvalue weighted by Gasteiger charge is 2.40. The second-order valence-corrected chi connectivity index (χ2v) is 5.81. The van der Waals surface area contributed by atoms with Gasteiger partial charge in [0, 0.05) is 18.0 Å². The Morgan fingerprint density at radius 3 is 2.43 bits per heavy atom. The van der Waals surface area contributed by atoms with Gasteiger partial charge in [0.15, 0.2) is 0 Å². The van der Waals surface area contributed by atoms with Gasteiger partial charge in [-0.15, -0.1) is 0 Å². The molecule has 1 aliphatic heterocycles. The second-order valence-electron chi connectivity index (χ2n) is 5.00. The van der Waals surface area contributed by atoms with Crippen LogP contribution >= 0.6 is 23.2 Å². The molecule has 108 valence electrons. The highest BCUT2D eigenvalue weighted by Crippen LogP contribution is 2.37. The number of benzene rings is 2. The number of nitrogens with zero attached hydrogens (tertiary/aromatic N) is 1. The van der Waals surface area contributed by atoms with Crippen LogP contribution in [0.4, 0.5) is 5.69 Å². The van der Waals surface area contributed by atoms with Crippen molar-refractivity contribution in [3.05, 3.63) is 64.1 Å². The van der Waals surface area contributed by atoms with E-state index in [1.165, 1.54) is 4.90 Å². The molecule has 1 saturated heterocycles. The van der Waals surface area contributed by atoms with Gasteiger partial charge in [-0.3, -0.25) is 9.69 Å². The molecule has 1 heterocycles.